The van der Waals surface area contributed by atoms with Gasteiger partial charge >= 0.3 is 8.25 Å². The Morgan fingerprint density at radius 1 is 0.438 bits per heavy atom. The average Bonchev–Trinajstić information content (AvgIpc) is 3.31. The van der Waals surface area contributed by atoms with Gasteiger partial charge in [-0.2, -0.15) is 0 Å². The average molecular weight is 914 g/mol. The molecule has 0 aromatic heterocycles. The molecule has 0 atom stereocenters. The van der Waals surface area contributed by atoms with Gasteiger partial charge in [0, 0.05) is 4.57 Å². The smallest absolute Gasteiger partial charge is 0.491 e. The molecule has 0 bridgehead atoms. The minimum atomic E-state index is -2.02. The first-order chi connectivity index (χ1) is 31.5. The Morgan fingerprint density at radius 2 is 0.766 bits per heavy atom. The summed E-state index contributed by atoms with van der Waals surface area (Å²) >= 11 is 0. The fourth-order valence-electron chi connectivity index (χ4n) is 10.3. The summed E-state index contributed by atoms with van der Waals surface area (Å²) in [5.41, 5.74) is 2.30. The first kappa shape index (κ1) is 54.5. The van der Waals surface area contributed by atoms with Crippen LogP contribution in [0, 0.1) is 23.5 Å². The molecular formula is C56H92F2O5P+. The van der Waals surface area contributed by atoms with E-state index in [0.29, 0.717) is 49.8 Å². The maximum absolute atomic E-state index is 14.8. The lowest BCUT2D eigenvalue weighted by atomic mass is 9.77. The molecule has 8 heteroatoms. The standard InChI is InChI=1S/C56H92F2O5P/c1-3-5-21-27-47-29-33-49(34-30-47)51-37-39-55(53(57)45-51)60-41-23-17-13-9-7-11-15-19-25-43-62-64(59)63-44-26-20-16-12-8-10-14-18-24-42-61-56-40-38-52(46-54(56)58)50-35-31-48(32-36-50)28-22-6-4-2/h37-40,45-50H,3-36,41-44H2,1-2H3/q+1. The van der Waals surface area contributed by atoms with Gasteiger partial charge in [-0.05, 0) is 136 Å². The highest BCUT2D eigenvalue weighted by atomic mass is 31.1. The van der Waals surface area contributed by atoms with Gasteiger partial charge in [0.15, 0.2) is 23.1 Å². The normalized spacial score (nSPS) is 19.2. The van der Waals surface area contributed by atoms with Gasteiger partial charge in [0.05, 0.1) is 13.2 Å². The van der Waals surface area contributed by atoms with Crippen molar-refractivity contribution < 1.29 is 31.9 Å². The molecule has 0 N–H and O–H groups in total. The molecule has 0 radical (unpaired) electrons. The van der Waals surface area contributed by atoms with Gasteiger partial charge in [-0.1, -0.05) is 167 Å². The van der Waals surface area contributed by atoms with E-state index < -0.39 is 8.25 Å². The van der Waals surface area contributed by atoms with E-state index in [2.05, 4.69) is 26.0 Å². The van der Waals surface area contributed by atoms with Crippen molar-refractivity contribution in [1.82, 2.24) is 0 Å². The molecule has 0 unspecified atom stereocenters. The molecule has 4 rings (SSSR count). The van der Waals surface area contributed by atoms with Crippen LogP contribution in [0.3, 0.4) is 0 Å². The van der Waals surface area contributed by atoms with Crippen LogP contribution >= 0.6 is 8.25 Å². The zero-order valence-electron chi connectivity index (χ0n) is 40.9. The lowest BCUT2D eigenvalue weighted by Gasteiger charge is -2.29. The van der Waals surface area contributed by atoms with Crippen molar-refractivity contribution in [2.24, 2.45) is 11.8 Å². The van der Waals surface area contributed by atoms with E-state index in [0.717, 1.165) is 74.3 Å². The Kier molecular flexibility index (Phi) is 29.9. The number of unbranched alkanes of at least 4 members (excludes halogenated alkanes) is 20. The Balaban J connectivity index is 0.843. The van der Waals surface area contributed by atoms with Crippen molar-refractivity contribution in [2.45, 2.75) is 244 Å². The van der Waals surface area contributed by atoms with E-state index in [1.807, 2.05) is 12.1 Å². The predicted molar refractivity (Wildman–Crippen MR) is 264 cm³/mol. The lowest BCUT2D eigenvalue weighted by molar-refractivity contribution is 0.218. The summed E-state index contributed by atoms with van der Waals surface area (Å²) in [4.78, 5) is 0. The maximum atomic E-state index is 14.8. The first-order valence-electron chi connectivity index (χ1n) is 27.0. The fourth-order valence-corrected chi connectivity index (χ4v) is 10.9. The van der Waals surface area contributed by atoms with Gasteiger partial charge in [0.1, 0.15) is 13.2 Å². The summed E-state index contributed by atoms with van der Waals surface area (Å²) < 4.78 is 64.2. The van der Waals surface area contributed by atoms with E-state index >= 15 is 0 Å². The van der Waals surface area contributed by atoms with E-state index in [4.69, 9.17) is 18.5 Å². The summed E-state index contributed by atoms with van der Waals surface area (Å²) in [5.74, 6) is 3.13. The molecule has 2 saturated carbocycles. The van der Waals surface area contributed by atoms with Crippen LogP contribution in [0.1, 0.15) is 255 Å². The molecule has 0 saturated heterocycles. The summed E-state index contributed by atoms with van der Waals surface area (Å²) in [6.45, 7) is 6.68. The Hall–Kier alpha value is -2.08. The molecule has 2 aromatic rings. The molecule has 2 aromatic carbocycles. The van der Waals surface area contributed by atoms with Gasteiger partial charge < -0.3 is 9.47 Å². The predicted octanol–water partition coefficient (Wildman–Crippen LogP) is 18.8. The van der Waals surface area contributed by atoms with Crippen molar-refractivity contribution >= 4 is 8.25 Å². The quantitative estimate of drug-likeness (QED) is 0.0496. The SMILES string of the molecule is CCCCCC1CCC(c2ccc(OCCCCCCCCCCCO[P+](=O)OCCCCCCCCCCCOc3ccc(C4CCC(CCCCC)CC4)cc3F)c(F)c2)CC1. The summed E-state index contributed by atoms with van der Waals surface area (Å²) in [5, 5.41) is 0. The number of halogens is 2. The van der Waals surface area contributed by atoms with Crippen LogP contribution in [0.5, 0.6) is 11.5 Å². The molecule has 2 fully saturated rings. The molecule has 2 aliphatic rings. The van der Waals surface area contributed by atoms with Crippen LogP contribution in [0.25, 0.3) is 0 Å². The Labute approximate surface area is 391 Å². The monoisotopic (exact) mass is 914 g/mol. The van der Waals surface area contributed by atoms with Crippen molar-refractivity contribution in [3.8, 4) is 11.5 Å². The van der Waals surface area contributed by atoms with Crippen LogP contribution in [-0.4, -0.2) is 26.4 Å². The lowest BCUT2D eigenvalue weighted by Crippen LogP contribution is -2.13. The van der Waals surface area contributed by atoms with Gasteiger partial charge in [-0.15, -0.1) is 9.05 Å². The summed E-state index contributed by atoms with van der Waals surface area (Å²) in [7, 11) is -2.02. The van der Waals surface area contributed by atoms with Gasteiger partial charge in [0.2, 0.25) is 0 Å². The number of hydrogen-bond acceptors (Lipinski definition) is 5. The van der Waals surface area contributed by atoms with Crippen LogP contribution in [0.4, 0.5) is 8.78 Å². The first-order valence-corrected chi connectivity index (χ1v) is 28.1. The molecule has 364 valence electrons. The second-order valence-electron chi connectivity index (χ2n) is 19.8. The zero-order valence-corrected chi connectivity index (χ0v) is 41.8. The Bertz CT molecular complexity index is 1370. The summed E-state index contributed by atoms with van der Waals surface area (Å²) in [6, 6.07) is 11.4. The molecule has 0 aliphatic heterocycles. The van der Waals surface area contributed by atoms with Crippen molar-refractivity contribution in [1.29, 1.82) is 0 Å². The second kappa shape index (κ2) is 35.1. The highest BCUT2D eigenvalue weighted by molar-refractivity contribution is 7.33. The fraction of sp³-hybridized carbons (Fsp3) is 0.786. The second-order valence-corrected chi connectivity index (χ2v) is 20.7. The zero-order chi connectivity index (χ0) is 45.3. The molecule has 0 heterocycles. The van der Waals surface area contributed by atoms with Crippen molar-refractivity contribution in [2.75, 3.05) is 26.4 Å². The van der Waals surface area contributed by atoms with Gasteiger partial charge in [0.25, 0.3) is 0 Å². The number of ether oxygens (including phenoxy) is 2. The largest absolute Gasteiger partial charge is 0.697 e. The minimum absolute atomic E-state index is 0.205. The number of benzene rings is 2. The van der Waals surface area contributed by atoms with Gasteiger partial charge in [-0.3, -0.25) is 0 Å². The van der Waals surface area contributed by atoms with E-state index in [9.17, 15) is 13.3 Å². The number of rotatable bonds is 38. The van der Waals surface area contributed by atoms with E-state index in [-0.39, 0.29) is 11.6 Å². The third-order valence-corrected chi connectivity index (χ3v) is 15.3. The van der Waals surface area contributed by atoms with Gasteiger partial charge in [-0.25, -0.2) is 8.78 Å². The number of hydrogen-bond donors (Lipinski definition) is 0. The Morgan fingerprint density at radius 3 is 1.09 bits per heavy atom. The van der Waals surface area contributed by atoms with E-state index in [1.165, 1.54) is 167 Å². The summed E-state index contributed by atoms with van der Waals surface area (Å²) in [6.07, 6.45) is 40.8. The van der Waals surface area contributed by atoms with Crippen molar-refractivity contribution in [3.05, 3.63) is 59.2 Å². The minimum Gasteiger partial charge on any atom is -0.491 e. The van der Waals surface area contributed by atoms with Crippen LogP contribution < -0.4 is 9.47 Å². The van der Waals surface area contributed by atoms with Crippen LogP contribution in [0.2, 0.25) is 0 Å². The molecule has 64 heavy (non-hydrogen) atoms. The third-order valence-electron chi connectivity index (χ3n) is 14.5. The highest BCUT2D eigenvalue weighted by Gasteiger charge is 2.25. The van der Waals surface area contributed by atoms with Crippen LogP contribution in [-0.2, 0) is 13.6 Å². The molecular weight excluding hydrogens is 822 g/mol. The topological polar surface area (TPSA) is 54.0 Å². The molecule has 0 amide bonds. The molecule has 2 aliphatic carbocycles. The molecule has 0 spiro atoms. The van der Waals surface area contributed by atoms with Crippen molar-refractivity contribution in [3.63, 3.8) is 0 Å². The van der Waals surface area contributed by atoms with Crippen LogP contribution in [0.15, 0.2) is 36.4 Å². The highest BCUT2D eigenvalue weighted by Crippen LogP contribution is 2.40. The molecule has 5 nitrogen and oxygen atoms in total. The maximum Gasteiger partial charge on any atom is 0.697 e. The third kappa shape index (κ3) is 23.6. The van der Waals surface area contributed by atoms with E-state index in [1.54, 1.807) is 12.1 Å².